The lowest BCUT2D eigenvalue weighted by Crippen LogP contribution is -2.29. The Hall–Kier alpha value is -1.42. The summed E-state index contributed by atoms with van der Waals surface area (Å²) in [7, 11) is 3.28. The first-order chi connectivity index (χ1) is 9.24. The number of rotatable bonds is 4. The molecule has 0 aliphatic carbocycles. The van der Waals surface area contributed by atoms with E-state index in [9.17, 15) is 0 Å². The van der Waals surface area contributed by atoms with Crippen molar-refractivity contribution >= 4 is 0 Å². The van der Waals surface area contributed by atoms with Gasteiger partial charge in [-0.1, -0.05) is 6.92 Å². The summed E-state index contributed by atoms with van der Waals surface area (Å²) in [4.78, 5) is 0. The minimum absolute atomic E-state index is 0.258. The van der Waals surface area contributed by atoms with Crippen LogP contribution in [0.3, 0.4) is 0 Å². The molecular formula is C15H23NO3. The summed E-state index contributed by atoms with van der Waals surface area (Å²) < 4.78 is 16.6. The maximum absolute atomic E-state index is 6.11. The molecule has 1 aliphatic rings. The molecule has 0 amide bonds. The lowest BCUT2D eigenvalue weighted by Gasteiger charge is -2.23. The van der Waals surface area contributed by atoms with Gasteiger partial charge in [-0.25, -0.2) is 0 Å². The van der Waals surface area contributed by atoms with Crippen molar-refractivity contribution in [1.29, 1.82) is 0 Å². The Kier molecular flexibility index (Phi) is 4.91. The monoisotopic (exact) mass is 265 g/mol. The van der Waals surface area contributed by atoms with Gasteiger partial charge >= 0.3 is 0 Å². The van der Waals surface area contributed by atoms with Gasteiger partial charge < -0.3 is 19.5 Å². The van der Waals surface area contributed by atoms with Crippen LogP contribution in [0.2, 0.25) is 0 Å². The molecule has 1 saturated heterocycles. The van der Waals surface area contributed by atoms with E-state index in [1.807, 2.05) is 18.2 Å². The molecule has 1 aromatic rings. The van der Waals surface area contributed by atoms with Crippen LogP contribution < -0.4 is 19.5 Å². The summed E-state index contributed by atoms with van der Waals surface area (Å²) in [5.74, 6) is 2.79. The van der Waals surface area contributed by atoms with Gasteiger partial charge in [0.15, 0.2) is 11.5 Å². The molecule has 0 aromatic heterocycles. The number of hydrogen-bond donors (Lipinski definition) is 1. The van der Waals surface area contributed by atoms with Crippen LogP contribution >= 0.6 is 0 Å². The molecule has 106 valence electrons. The molecule has 4 heteroatoms. The van der Waals surface area contributed by atoms with Crippen LogP contribution in [-0.2, 0) is 0 Å². The molecule has 1 fully saturated rings. The summed E-state index contributed by atoms with van der Waals surface area (Å²) in [6.45, 7) is 4.32. The van der Waals surface area contributed by atoms with Crippen molar-refractivity contribution < 1.29 is 14.2 Å². The lowest BCUT2D eigenvalue weighted by molar-refractivity contribution is 0.140. The number of benzene rings is 1. The Labute approximate surface area is 115 Å². The van der Waals surface area contributed by atoms with Gasteiger partial charge in [-0.3, -0.25) is 0 Å². The molecule has 4 nitrogen and oxygen atoms in total. The van der Waals surface area contributed by atoms with Gasteiger partial charge in [-0.05, 0) is 31.5 Å². The average Bonchev–Trinajstić information content (AvgIpc) is 2.64. The molecule has 1 aliphatic heterocycles. The largest absolute Gasteiger partial charge is 0.493 e. The average molecular weight is 265 g/mol. The second-order valence-electron chi connectivity index (χ2n) is 5.00. The molecule has 1 heterocycles. The van der Waals surface area contributed by atoms with Crippen LogP contribution in [-0.4, -0.2) is 33.4 Å². The minimum Gasteiger partial charge on any atom is -0.493 e. The molecule has 0 radical (unpaired) electrons. The van der Waals surface area contributed by atoms with Gasteiger partial charge in [0.1, 0.15) is 11.9 Å². The maximum Gasteiger partial charge on any atom is 0.164 e. The van der Waals surface area contributed by atoms with Gasteiger partial charge in [0, 0.05) is 18.5 Å². The van der Waals surface area contributed by atoms with Crippen LogP contribution in [0.5, 0.6) is 17.2 Å². The van der Waals surface area contributed by atoms with Gasteiger partial charge in [0.05, 0.1) is 14.2 Å². The van der Waals surface area contributed by atoms with Crippen LogP contribution in [0.25, 0.3) is 0 Å². The predicted molar refractivity (Wildman–Crippen MR) is 75.2 cm³/mol. The molecular weight excluding hydrogens is 242 g/mol. The molecule has 2 atom stereocenters. The van der Waals surface area contributed by atoms with Crippen molar-refractivity contribution in [3.63, 3.8) is 0 Å². The van der Waals surface area contributed by atoms with Crippen LogP contribution in [0.4, 0.5) is 0 Å². The minimum atomic E-state index is 0.258. The standard InChI is InChI=1S/C15H23NO3/c1-11-10-16-8-4-5-13(11)19-12-6-7-14(17-2)15(9-12)18-3/h6-7,9,11,13,16H,4-5,8,10H2,1-3H3. The SMILES string of the molecule is COc1ccc(OC2CCCNCC2C)cc1OC. The summed E-state index contributed by atoms with van der Waals surface area (Å²) in [5.41, 5.74) is 0. The molecule has 1 N–H and O–H groups in total. The van der Waals surface area contributed by atoms with Gasteiger partial charge in [-0.15, -0.1) is 0 Å². The van der Waals surface area contributed by atoms with Crippen LogP contribution in [0, 0.1) is 5.92 Å². The van der Waals surface area contributed by atoms with E-state index in [2.05, 4.69) is 12.2 Å². The second kappa shape index (κ2) is 6.66. The van der Waals surface area contributed by atoms with Crippen LogP contribution in [0.1, 0.15) is 19.8 Å². The molecule has 2 rings (SSSR count). The normalized spacial score (nSPS) is 23.5. The Morgan fingerprint density at radius 3 is 2.68 bits per heavy atom. The van der Waals surface area contributed by atoms with E-state index in [-0.39, 0.29) is 6.10 Å². The quantitative estimate of drug-likeness (QED) is 0.908. The molecule has 1 aromatic carbocycles. The van der Waals surface area contributed by atoms with Crippen molar-refractivity contribution in [3.8, 4) is 17.2 Å². The first kappa shape index (κ1) is 14.0. The van der Waals surface area contributed by atoms with Crippen molar-refractivity contribution in [3.05, 3.63) is 18.2 Å². The fraction of sp³-hybridized carbons (Fsp3) is 0.600. The fourth-order valence-corrected chi connectivity index (χ4v) is 2.41. The maximum atomic E-state index is 6.11. The Morgan fingerprint density at radius 1 is 1.16 bits per heavy atom. The van der Waals surface area contributed by atoms with Crippen LogP contribution in [0.15, 0.2) is 18.2 Å². The highest BCUT2D eigenvalue weighted by Crippen LogP contribution is 2.32. The van der Waals surface area contributed by atoms with Crippen molar-refractivity contribution in [2.75, 3.05) is 27.3 Å². The number of ether oxygens (including phenoxy) is 3. The summed E-state index contributed by atoms with van der Waals surface area (Å²) in [5, 5.41) is 3.43. The van der Waals surface area contributed by atoms with E-state index in [0.717, 1.165) is 37.4 Å². The molecule has 0 spiro atoms. The third kappa shape index (κ3) is 3.53. The number of nitrogens with one attached hydrogen (secondary N) is 1. The molecule has 2 unspecified atom stereocenters. The first-order valence-corrected chi connectivity index (χ1v) is 6.84. The Bertz CT molecular complexity index is 408. The zero-order valence-electron chi connectivity index (χ0n) is 11.9. The number of methoxy groups -OCH3 is 2. The highest BCUT2D eigenvalue weighted by Gasteiger charge is 2.21. The third-order valence-corrected chi connectivity index (χ3v) is 3.59. The number of hydrogen-bond acceptors (Lipinski definition) is 4. The Morgan fingerprint density at radius 2 is 1.95 bits per heavy atom. The topological polar surface area (TPSA) is 39.7 Å². The summed E-state index contributed by atoms with van der Waals surface area (Å²) in [6, 6.07) is 5.71. The predicted octanol–water partition coefficient (Wildman–Crippen LogP) is 2.47. The summed E-state index contributed by atoms with van der Waals surface area (Å²) >= 11 is 0. The smallest absolute Gasteiger partial charge is 0.164 e. The second-order valence-corrected chi connectivity index (χ2v) is 5.00. The Balaban J connectivity index is 2.09. The zero-order chi connectivity index (χ0) is 13.7. The molecule has 0 saturated carbocycles. The highest BCUT2D eigenvalue weighted by atomic mass is 16.5. The zero-order valence-corrected chi connectivity index (χ0v) is 11.9. The molecule has 19 heavy (non-hydrogen) atoms. The van der Waals surface area contributed by atoms with E-state index in [4.69, 9.17) is 14.2 Å². The van der Waals surface area contributed by atoms with Gasteiger partial charge in [-0.2, -0.15) is 0 Å². The van der Waals surface area contributed by atoms with Crippen molar-refractivity contribution in [2.24, 2.45) is 5.92 Å². The van der Waals surface area contributed by atoms with E-state index in [1.165, 1.54) is 0 Å². The van der Waals surface area contributed by atoms with Gasteiger partial charge in [0.25, 0.3) is 0 Å². The fourth-order valence-electron chi connectivity index (χ4n) is 2.41. The first-order valence-electron chi connectivity index (χ1n) is 6.84. The van der Waals surface area contributed by atoms with Gasteiger partial charge in [0.2, 0.25) is 0 Å². The highest BCUT2D eigenvalue weighted by molar-refractivity contribution is 5.45. The van der Waals surface area contributed by atoms with E-state index in [0.29, 0.717) is 11.7 Å². The van der Waals surface area contributed by atoms with Crippen molar-refractivity contribution in [1.82, 2.24) is 5.32 Å². The van der Waals surface area contributed by atoms with E-state index in [1.54, 1.807) is 14.2 Å². The van der Waals surface area contributed by atoms with E-state index < -0.39 is 0 Å². The molecule has 0 bridgehead atoms. The third-order valence-electron chi connectivity index (χ3n) is 3.59. The van der Waals surface area contributed by atoms with E-state index >= 15 is 0 Å². The van der Waals surface area contributed by atoms with Crippen molar-refractivity contribution in [2.45, 2.75) is 25.9 Å². The lowest BCUT2D eigenvalue weighted by atomic mass is 10.0. The summed E-state index contributed by atoms with van der Waals surface area (Å²) in [6.07, 6.45) is 2.50.